The van der Waals surface area contributed by atoms with Crippen LogP contribution in [0.15, 0.2) is 9.40 Å². The van der Waals surface area contributed by atoms with Crippen LogP contribution in [0.4, 0.5) is 0 Å². The minimum Gasteiger partial charge on any atom is -0.248 e. The van der Waals surface area contributed by atoms with E-state index in [4.69, 9.17) is 5.53 Å². The van der Waals surface area contributed by atoms with E-state index in [0.29, 0.717) is 8.88 Å². The van der Waals surface area contributed by atoms with Crippen LogP contribution in [0.1, 0.15) is 0 Å². The van der Waals surface area contributed by atoms with Crippen molar-refractivity contribution in [1.82, 2.24) is 4.86 Å². The summed E-state index contributed by atoms with van der Waals surface area (Å²) >= 11 is 0. The Hall–Kier alpha value is -0.0700. The number of hydrogen-bond acceptors (Lipinski definition) is 3. The van der Waals surface area contributed by atoms with Crippen molar-refractivity contribution < 1.29 is 0 Å². The molecule has 0 amide bonds. The lowest BCUT2D eigenvalue weighted by Gasteiger charge is -2.08. The Kier molecular flexibility index (Phi) is 1.66. The summed E-state index contributed by atoms with van der Waals surface area (Å²) in [4.78, 5) is 8.81. The van der Waals surface area contributed by atoms with Crippen molar-refractivity contribution in [1.29, 1.82) is 0 Å². The summed E-state index contributed by atoms with van der Waals surface area (Å²) < 4.78 is 3.86. The molecular weight excluding hydrogens is 132 g/mol. The molecule has 0 fully saturated rings. The van der Waals surface area contributed by atoms with Gasteiger partial charge in [-0.05, 0) is 10.4 Å². The van der Waals surface area contributed by atoms with Crippen molar-refractivity contribution >= 4 is 16.9 Å². The lowest BCUT2D eigenvalue weighted by molar-refractivity contribution is 1.50. The van der Waals surface area contributed by atoms with Crippen molar-refractivity contribution in [2.45, 2.75) is 0 Å². The second-order valence-corrected chi connectivity index (χ2v) is 3.83. The zero-order chi connectivity index (χ0) is 5.11. The molecule has 2 atom stereocenters. The van der Waals surface area contributed by atoms with Crippen LogP contribution in [0.5, 0.6) is 0 Å². The van der Waals surface area contributed by atoms with Gasteiger partial charge in [0.15, 0.2) is 0 Å². The van der Waals surface area contributed by atoms with Crippen molar-refractivity contribution in [2.24, 2.45) is 9.40 Å². The monoisotopic (exact) mass is 135 g/mol. The maximum absolute atomic E-state index is 7.79. The molecule has 0 spiro atoms. The summed E-state index contributed by atoms with van der Waals surface area (Å²) in [7, 11) is -0.637. The second-order valence-electron chi connectivity index (χ2n) is 0.862. The molecule has 5 nitrogen and oxygen atoms in total. The van der Waals surface area contributed by atoms with Crippen molar-refractivity contribution in [3.8, 4) is 0 Å². The zero-order valence-corrected chi connectivity index (χ0v) is 5.29. The molecule has 0 aromatic rings. The summed E-state index contributed by atoms with van der Waals surface area (Å²) in [5.41, 5.74) is 7.79. The minimum atomic E-state index is -1.10. The molecule has 1 rings (SSSR count). The van der Waals surface area contributed by atoms with Crippen molar-refractivity contribution in [3.05, 3.63) is 10.4 Å². The van der Waals surface area contributed by atoms with Crippen LogP contribution in [0, 0.1) is 0 Å². The van der Waals surface area contributed by atoms with Gasteiger partial charge >= 0.3 is 0 Å². The molecule has 38 valence electrons. The average molecular weight is 135 g/mol. The van der Waals surface area contributed by atoms with Gasteiger partial charge in [0.25, 0.3) is 0 Å². The largest absolute Gasteiger partial charge is 0.248 e. The molecule has 0 aliphatic carbocycles. The highest BCUT2D eigenvalue weighted by Gasteiger charge is 1.97. The fraction of sp³-hybridized carbons (Fsp3) is 0. The molecule has 1 heterocycles. The Bertz CT molecular complexity index is 140. The van der Waals surface area contributed by atoms with Gasteiger partial charge in [-0.2, -0.15) is 0 Å². The predicted molar refractivity (Wildman–Crippen MR) is 31.3 cm³/mol. The lowest BCUT2D eigenvalue weighted by Crippen LogP contribution is -1.87. The van der Waals surface area contributed by atoms with E-state index in [-0.39, 0.29) is 0 Å². The number of azide groups is 1. The van der Waals surface area contributed by atoms with Crippen molar-refractivity contribution in [3.63, 3.8) is 0 Å². The topological polar surface area (TPSA) is 73.2 Å². The van der Waals surface area contributed by atoms with Gasteiger partial charge in [0.1, 0.15) is 8.01 Å². The van der Waals surface area contributed by atoms with Crippen molar-refractivity contribution in [2.75, 3.05) is 0 Å². The summed E-state index contributed by atoms with van der Waals surface area (Å²) in [6, 6.07) is 0. The SMILES string of the molecule is [N-]=[N+]=N[PH]1=NPN1. The van der Waals surface area contributed by atoms with E-state index < -0.39 is 8.01 Å². The molecule has 7 heteroatoms. The Morgan fingerprint density at radius 3 is 2.86 bits per heavy atom. The highest BCUT2D eigenvalue weighted by Crippen LogP contribution is 2.42. The van der Waals surface area contributed by atoms with E-state index in [1.807, 2.05) is 0 Å². The molecule has 1 aliphatic rings. The Labute approximate surface area is 42.6 Å². The third-order valence-electron chi connectivity index (χ3n) is 0.469. The maximum Gasteiger partial charge on any atom is 0.115 e. The van der Waals surface area contributed by atoms with E-state index in [2.05, 4.69) is 19.2 Å². The van der Waals surface area contributed by atoms with E-state index in [1.165, 1.54) is 0 Å². The predicted octanol–water partition coefficient (Wildman–Crippen LogP) is 1.64. The number of rotatable bonds is 1. The number of nitrogens with one attached hydrogen (secondary N) is 1. The standard InChI is InChI=1S/H3N5P2/c1-2-3-7-4-6-5-7/h6-7H,(H,4,5). The van der Waals surface area contributed by atoms with Gasteiger partial charge in [0.2, 0.25) is 0 Å². The van der Waals surface area contributed by atoms with Crippen LogP contribution >= 0.6 is 16.9 Å². The molecule has 0 saturated heterocycles. The fourth-order valence-electron chi connectivity index (χ4n) is 0.196. The Balaban J connectivity index is 2.57. The first kappa shape index (κ1) is 5.07. The third-order valence-corrected chi connectivity index (χ3v) is 3.38. The summed E-state index contributed by atoms with van der Waals surface area (Å²) in [6.45, 7) is 0. The highest BCUT2D eigenvalue weighted by molar-refractivity contribution is 7.67. The van der Waals surface area contributed by atoms with E-state index in [9.17, 15) is 0 Å². The Morgan fingerprint density at radius 1 is 2.00 bits per heavy atom. The van der Waals surface area contributed by atoms with E-state index >= 15 is 0 Å². The van der Waals surface area contributed by atoms with E-state index in [0.717, 1.165) is 0 Å². The number of hydrogen-bond donors (Lipinski definition) is 1. The van der Waals surface area contributed by atoms with Crippen LogP contribution in [0.2, 0.25) is 0 Å². The zero-order valence-electron chi connectivity index (χ0n) is 3.29. The van der Waals surface area contributed by atoms with Gasteiger partial charge in [-0.3, -0.25) is 0 Å². The molecule has 7 heavy (non-hydrogen) atoms. The van der Waals surface area contributed by atoms with Crippen LogP contribution in [-0.4, -0.2) is 0 Å². The molecule has 0 bridgehead atoms. The maximum atomic E-state index is 7.79. The van der Waals surface area contributed by atoms with Crippen LogP contribution < -0.4 is 4.86 Å². The molecule has 0 saturated carbocycles. The first-order chi connectivity index (χ1) is 3.43. The minimum absolute atomic E-state index is 0.467. The first-order valence-electron chi connectivity index (χ1n) is 1.57. The fourth-order valence-corrected chi connectivity index (χ4v) is 1.51. The van der Waals surface area contributed by atoms with Gasteiger partial charge in [0, 0.05) is 4.91 Å². The van der Waals surface area contributed by atoms with Gasteiger partial charge in [0.05, 0.1) is 8.88 Å². The Morgan fingerprint density at radius 2 is 2.71 bits per heavy atom. The summed E-state index contributed by atoms with van der Waals surface area (Å²) in [5, 5.41) is 0. The summed E-state index contributed by atoms with van der Waals surface area (Å²) in [6.07, 6.45) is 0. The normalized spacial score (nSPS) is 30.0. The second kappa shape index (κ2) is 2.29. The third kappa shape index (κ3) is 1.15. The van der Waals surface area contributed by atoms with Gasteiger partial charge < -0.3 is 0 Å². The quantitative estimate of drug-likeness (QED) is 0.252. The molecule has 0 radical (unpaired) electrons. The van der Waals surface area contributed by atoms with Crippen LogP contribution in [-0.2, 0) is 0 Å². The van der Waals surface area contributed by atoms with Gasteiger partial charge in [-0.25, -0.2) is 9.37 Å². The summed E-state index contributed by atoms with van der Waals surface area (Å²) in [5.74, 6) is 0. The molecule has 1 aliphatic heterocycles. The molecule has 0 aromatic carbocycles. The van der Waals surface area contributed by atoms with Gasteiger partial charge in [-0.1, -0.05) is 0 Å². The highest BCUT2D eigenvalue weighted by atomic mass is 31.2. The molecular formula is H3N5P2. The van der Waals surface area contributed by atoms with Crippen LogP contribution in [0.3, 0.4) is 0 Å². The molecule has 2 unspecified atom stereocenters. The molecule has 0 aromatic heterocycles. The molecule has 1 N–H and O–H groups in total. The average Bonchev–Trinajstić information content (AvgIpc) is 1.55. The lowest BCUT2D eigenvalue weighted by atomic mass is 13.0. The smallest absolute Gasteiger partial charge is 0.115 e. The first-order valence-corrected chi connectivity index (χ1v) is 3.91. The van der Waals surface area contributed by atoms with Gasteiger partial charge in [-0.15, -0.1) is 0 Å². The van der Waals surface area contributed by atoms with Crippen LogP contribution in [0.25, 0.3) is 10.4 Å². The van der Waals surface area contributed by atoms with E-state index in [1.54, 1.807) is 0 Å². The number of nitrogens with zero attached hydrogens (tertiary/aromatic N) is 4.